The van der Waals surface area contributed by atoms with Crippen LogP contribution in [0.3, 0.4) is 0 Å². The van der Waals surface area contributed by atoms with Crippen LogP contribution in [-0.4, -0.2) is 24.7 Å². The number of anilines is 1. The van der Waals surface area contributed by atoms with Crippen molar-refractivity contribution in [1.29, 1.82) is 0 Å². The standard InChI is InChI=1S/C15H21NO2/c1-11(2)18-12(3)15(17)16-10-6-8-13-7-4-5-9-14(13)16/h4-5,7,9,11-12H,6,8,10H2,1-3H3. The number of fused-ring (bicyclic) bond motifs is 1. The topological polar surface area (TPSA) is 29.5 Å². The molecule has 1 heterocycles. The van der Waals surface area contributed by atoms with Gasteiger partial charge >= 0.3 is 0 Å². The first-order valence-electron chi connectivity index (χ1n) is 6.64. The third kappa shape index (κ3) is 2.72. The van der Waals surface area contributed by atoms with E-state index in [1.165, 1.54) is 5.56 Å². The maximum absolute atomic E-state index is 12.4. The van der Waals surface area contributed by atoms with Crippen molar-refractivity contribution in [2.75, 3.05) is 11.4 Å². The monoisotopic (exact) mass is 247 g/mol. The fourth-order valence-electron chi connectivity index (χ4n) is 2.45. The Kier molecular flexibility index (Phi) is 4.02. The Labute approximate surface area is 109 Å². The highest BCUT2D eigenvalue weighted by Gasteiger charge is 2.26. The van der Waals surface area contributed by atoms with Gasteiger partial charge in [-0.1, -0.05) is 18.2 Å². The fourth-order valence-corrected chi connectivity index (χ4v) is 2.45. The Morgan fingerprint density at radius 1 is 1.28 bits per heavy atom. The van der Waals surface area contributed by atoms with E-state index in [0.29, 0.717) is 0 Å². The summed E-state index contributed by atoms with van der Waals surface area (Å²) in [5, 5.41) is 0. The molecule has 1 atom stereocenters. The number of benzene rings is 1. The minimum atomic E-state index is -0.379. The van der Waals surface area contributed by atoms with E-state index < -0.39 is 0 Å². The lowest BCUT2D eigenvalue weighted by Crippen LogP contribution is -2.42. The summed E-state index contributed by atoms with van der Waals surface area (Å²) in [4.78, 5) is 14.3. The van der Waals surface area contributed by atoms with Gasteiger partial charge in [0.15, 0.2) is 0 Å². The predicted octanol–water partition coefficient (Wildman–Crippen LogP) is 2.78. The van der Waals surface area contributed by atoms with Crippen LogP contribution in [0.1, 0.15) is 32.8 Å². The van der Waals surface area contributed by atoms with E-state index in [1.807, 2.05) is 43.9 Å². The number of aryl methyl sites for hydroxylation is 1. The molecule has 1 aliphatic heterocycles. The molecule has 1 amide bonds. The highest BCUT2D eigenvalue weighted by molar-refractivity contribution is 5.97. The molecule has 0 radical (unpaired) electrons. The summed E-state index contributed by atoms with van der Waals surface area (Å²) in [6.07, 6.45) is 1.77. The van der Waals surface area contributed by atoms with Crippen LogP contribution in [0.15, 0.2) is 24.3 Å². The van der Waals surface area contributed by atoms with Crippen molar-refractivity contribution in [3.63, 3.8) is 0 Å². The van der Waals surface area contributed by atoms with E-state index in [0.717, 1.165) is 25.1 Å². The van der Waals surface area contributed by atoms with E-state index in [9.17, 15) is 4.79 Å². The van der Waals surface area contributed by atoms with E-state index in [4.69, 9.17) is 4.74 Å². The van der Waals surface area contributed by atoms with Crippen LogP contribution in [-0.2, 0) is 16.0 Å². The summed E-state index contributed by atoms with van der Waals surface area (Å²) in [7, 11) is 0. The number of para-hydroxylation sites is 1. The third-order valence-corrected chi connectivity index (χ3v) is 3.20. The maximum Gasteiger partial charge on any atom is 0.255 e. The van der Waals surface area contributed by atoms with Crippen LogP contribution in [0.25, 0.3) is 0 Å². The zero-order valence-electron chi connectivity index (χ0n) is 11.3. The first-order valence-corrected chi connectivity index (χ1v) is 6.64. The third-order valence-electron chi connectivity index (χ3n) is 3.20. The normalized spacial score (nSPS) is 16.6. The number of hydrogen-bond acceptors (Lipinski definition) is 2. The van der Waals surface area contributed by atoms with Gasteiger partial charge in [0.25, 0.3) is 5.91 Å². The minimum absolute atomic E-state index is 0.0656. The number of amides is 1. The lowest BCUT2D eigenvalue weighted by atomic mass is 10.0. The average Bonchev–Trinajstić information content (AvgIpc) is 2.36. The Morgan fingerprint density at radius 3 is 2.72 bits per heavy atom. The molecule has 0 fully saturated rings. The zero-order valence-corrected chi connectivity index (χ0v) is 11.3. The lowest BCUT2D eigenvalue weighted by Gasteiger charge is -2.31. The molecule has 1 aromatic carbocycles. The Bertz CT molecular complexity index is 428. The lowest BCUT2D eigenvalue weighted by molar-refractivity contribution is -0.131. The van der Waals surface area contributed by atoms with Gasteiger partial charge in [0.05, 0.1) is 6.10 Å². The van der Waals surface area contributed by atoms with Gasteiger partial charge in [-0.25, -0.2) is 0 Å². The molecule has 0 aromatic heterocycles. The molecule has 1 aliphatic rings. The van der Waals surface area contributed by atoms with E-state index in [2.05, 4.69) is 6.07 Å². The van der Waals surface area contributed by atoms with Crippen molar-refractivity contribution < 1.29 is 9.53 Å². The number of ether oxygens (including phenoxy) is 1. The molecule has 0 spiro atoms. The summed E-state index contributed by atoms with van der Waals surface area (Å²) >= 11 is 0. The van der Waals surface area contributed by atoms with Crippen molar-refractivity contribution in [2.45, 2.75) is 45.8 Å². The second-order valence-electron chi connectivity index (χ2n) is 5.05. The van der Waals surface area contributed by atoms with Crippen molar-refractivity contribution in [3.8, 4) is 0 Å². The summed E-state index contributed by atoms with van der Waals surface area (Å²) in [5.41, 5.74) is 2.31. The molecule has 3 heteroatoms. The molecule has 0 aliphatic carbocycles. The SMILES string of the molecule is CC(C)OC(C)C(=O)N1CCCc2ccccc21. The van der Waals surface area contributed by atoms with E-state index in [-0.39, 0.29) is 18.1 Å². The Morgan fingerprint density at radius 2 is 2.00 bits per heavy atom. The van der Waals surface area contributed by atoms with Crippen molar-refractivity contribution in [2.24, 2.45) is 0 Å². The van der Waals surface area contributed by atoms with Crippen molar-refractivity contribution in [3.05, 3.63) is 29.8 Å². The predicted molar refractivity (Wildman–Crippen MR) is 72.8 cm³/mol. The van der Waals surface area contributed by atoms with E-state index >= 15 is 0 Å². The highest BCUT2D eigenvalue weighted by atomic mass is 16.5. The average molecular weight is 247 g/mol. The molecular formula is C15H21NO2. The van der Waals surface area contributed by atoms with Gasteiger partial charge in [-0.2, -0.15) is 0 Å². The molecular weight excluding hydrogens is 226 g/mol. The largest absolute Gasteiger partial charge is 0.366 e. The van der Waals surface area contributed by atoms with Crippen LogP contribution in [0.5, 0.6) is 0 Å². The summed E-state index contributed by atoms with van der Waals surface area (Å²) in [6.45, 7) is 6.53. The smallest absolute Gasteiger partial charge is 0.255 e. The molecule has 1 aromatic rings. The number of rotatable bonds is 3. The molecule has 1 unspecified atom stereocenters. The number of hydrogen-bond donors (Lipinski definition) is 0. The second-order valence-corrected chi connectivity index (χ2v) is 5.05. The number of carbonyl (C=O) groups excluding carboxylic acids is 1. The summed E-state index contributed by atoms with van der Waals surface area (Å²) < 4.78 is 5.59. The highest BCUT2D eigenvalue weighted by Crippen LogP contribution is 2.27. The first-order chi connectivity index (χ1) is 8.59. The molecule has 3 nitrogen and oxygen atoms in total. The van der Waals surface area contributed by atoms with Gasteiger partial charge in [-0.15, -0.1) is 0 Å². The van der Waals surface area contributed by atoms with Gasteiger partial charge in [0.1, 0.15) is 6.10 Å². The van der Waals surface area contributed by atoms with Gasteiger partial charge < -0.3 is 9.64 Å². The number of nitrogens with zero attached hydrogens (tertiary/aromatic N) is 1. The van der Waals surface area contributed by atoms with E-state index in [1.54, 1.807) is 0 Å². The van der Waals surface area contributed by atoms with Crippen molar-refractivity contribution >= 4 is 11.6 Å². The molecule has 0 N–H and O–H groups in total. The van der Waals surface area contributed by atoms with Crippen LogP contribution in [0.4, 0.5) is 5.69 Å². The first kappa shape index (κ1) is 13.1. The molecule has 0 saturated heterocycles. The quantitative estimate of drug-likeness (QED) is 0.822. The van der Waals surface area contributed by atoms with Gasteiger partial charge in [0.2, 0.25) is 0 Å². The minimum Gasteiger partial charge on any atom is -0.366 e. The molecule has 98 valence electrons. The maximum atomic E-state index is 12.4. The van der Waals surface area contributed by atoms with Gasteiger partial charge in [-0.3, -0.25) is 4.79 Å². The molecule has 0 bridgehead atoms. The van der Waals surface area contributed by atoms with Crippen LogP contribution < -0.4 is 4.90 Å². The second kappa shape index (κ2) is 5.53. The van der Waals surface area contributed by atoms with Crippen LogP contribution in [0, 0.1) is 0 Å². The Hall–Kier alpha value is -1.35. The van der Waals surface area contributed by atoms with Gasteiger partial charge in [-0.05, 0) is 45.2 Å². The van der Waals surface area contributed by atoms with Crippen LogP contribution in [0.2, 0.25) is 0 Å². The Balaban J connectivity index is 2.17. The fraction of sp³-hybridized carbons (Fsp3) is 0.533. The number of carbonyl (C=O) groups is 1. The zero-order chi connectivity index (χ0) is 13.1. The molecule has 0 saturated carbocycles. The molecule has 18 heavy (non-hydrogen) atoms. The van der Waals surface area contributed by atoms with Crippen molar-refractivity contribution in [1.82, 2.24) is 0 Å². The summed E-state index contributed by atoms with van der Waals surface area (Å²) in [5.74, 6) is 0.0656. The molecule has 2 rings (SSSR count). The van der Waals surface area contributed by atoms with Gasteiger partial charge in [0, 0.05) is 12.2 Å². The summed E-state index contributed by atoms with van der Waals surface area (Å²) in [6, 6.07) is 8.14. The van der Waals surface area contributed by atoms with Crippen LogP contribution >= 0.6 is 0 Å².